The molecule has 0 spiro atoms. The molecule has 1 aliphatic heterocycles. The molecule has 1 aliphatic rings. The van der Waals surface area contributed by atoms with Crippen molar-refractivity contribution in [1.29, 1.82) is 0 Å². The third-order valence-electron chi connectivity index (χ3n) is 2.30. The Morgan fingerprint density at radius 3 is 2.46 bits per heavy atom. The summed E-state index contributed by atoms with van der Waals surface area (Å²) >= 11 is 0. The number of aliphatic hydroxyl groups is 1. The smallest absolute Gasteiger partial charge is 0.379 e. The van der Waals surface area contributed by atoms with Crippen LogP contribution in [0.1, 0.15) is 6.42 Å². The first-order valence-electron chi connectivity index (χ1n) is 4.10. The van der Waals surface area contributed by atoms with Crippen molar-refractivity contribution in [3.63, 3.8) is 0 Å². The van der Waals surface area contributed by atoms with Crippen molar-refractivity contribution < 1.29 is 18.3 Å². The van der Waals surface area contributed by atoms with Crippen LogP contribution in [0.25, 0.3) is 0 Å². The molecule has 1 fully saturated rings. The fraction of sp³-hybridized carbons (Fsp3) is 1.00. The van der Waals surface area contributed by atoms with E-state index in [1.165, 1.54) is 4.90 Å². The van der Waals surface area contributed by atoms with Crippen molar-refractivity contribution >= 4 is 0 Å². The number of halogens is 3. The summed E-state index contributed by atoms with van der Waals surface area (Å²) in [7, 11) is 0. The standard InChI is InChI=1S/C7H13F3N2O/c8-7(9,10)6(13)1-3-12(5-6)4-2-11/h13H,1-5,11H2. The molecular formula is C7H13F3N2O. The fourth-order valence-corrected chi connectivity index (χ4v) is 1.48. The molecule has 3 nitrogen and oxygen atoms in total. The van der Waals surface area contributed by atoms with Gasteiger partial charge in [-0.1, -0.05) is 0 Å². The second-order valence-electron chi connectivity index (χ2n) is 3.34. The van der Waals surface area contributed by atoms with Crippen LogP contribution in [0.3, 0.4) is 0 Å². The molecule has 1 rings (SSSR count). The number of nitrogens with zero attached hydrogens (tertiary/aromatic N) is 1. The maximum atomic E-state index is 12.3. The lowest BCUT2D eigenvalue weighted by molar-refractivity contribution is -0.253. The molecule has 0 aromatic heterocycles. The van der Waals surface area contributed by atoms with E-state index in [1.807, 2.05) is 0 Å². The van der Waals surface area contributed by atoms with Crippen LogP contribution < -0.4 is 5.73 Å². The summed E-state index contributed by atoms with van der Waals surface area (Å²) in [6.07, 6.45) is -4.78. The second-order valence-corrected chi connectivity index (χ2v) is 3.34. The van der Waals surface area contributed by atoms with Crippen molar-refractivity contribution in [2.45, 2.75) is 18.2 Å². The number of nitrogens with two attached hydrogens (primary N) is 1. The third-order valence-corrected chi connectivity index (χ3v) is 2.30. The van der Waals surface area contributed by atoms with Gasteiger partial charge < -0.3 is 10.8 Å². The summed E-state index contributed by atoms with van der Waals surface area (Å²) < 4.78 is 36.8. The van der Waals surface area contributed by atoms with Gasteiger partial charge in [0.25, 0.3) is 0 Å². The molecule has 1 unspecified atom stereocenters. The molecule has 0 amide bonds. The molecule has 6 heteroatoms. The summed E-state index contributed by atoms with van der Waals surface area (Å²) in [6.45, 7) is 0.618. The van der Waals surface area contributed by atoms with Gasteiger partial charge in [0.1, 0.15) is 0 Å². The lowest BCUT2D eigenvalue weighted by Crippen LogP contribution is -2.47. The predicted octanol–water partition coefficient (Wildman–Crippen LogP) is -0.0558. The molecule has 0 aromatic carbocycles. The average Bonchev–Trinajstić information content (AvgIpc) is 2.32. The molecule has 0 radical (unpaired) electrons. The van der Waals surface area contributed by atoms with Gasteiger partial charge in [-0.05, 0) is 6.42 Å². The summed E-state index contributed by atoms with van der Waals surface area (Å²) in [5.41, 5.74) is 2.68. The first-order chi connectivity index (χ1) is 5.89. The Hall–Kier alpha value is -0.330. The summed E-state index contributed by atoms with van der Waals surface area (Å²) in [5, 5.41) is 9.22. The van der Waals surface area contributed by atoms with Gasteiger partial charge in [0.15, 0.2) is 5.60 Å². The largest absolute Gasteiger partial charge is 0.418 e. The van der Waals surface area contributed by atoms with Crippen LogP contribution in [0.5, 0.6) is 0 Å². The monoisotopic (exact) mass is 198 g/mol. The highest BCUT2D eigenvalue weighted by molar-refractivity contribution is 4.95. The highest BCUT2D eigenvalue weighted by atomic mass is 19.4. The number of hydrogen-bond donors (Lipinski definition) is 2. The van der Waals surface area contributed by atoms with Crippen LogP contribution in [0, 0.1) is 0 Å². The lowest BCUT2D eigenvalue weighted by Gasteiger charge is -2.25. The van der Waals surface area contributed by atoms with E-state index in [0.717, 1.165) is 0 Å². The fourth-order valence-electron chi connectivity index (χ4n) is 1.48. The zero-order valence-corrected chi connectivity index (χ0v) is 7.14. The minimum absolute atomic E-state index is 0.253. The molecule has 0 aromatic rings. The third kappa shape index (κ3) is 2.12. The van der Waals surface area contributed by atoms with Crippen LogP contribution in [0.2, 0.25) is 0 Å². The number of hydrogen-bond acceptors (Lipinski definition) is 3. The summed E-state index contributed by atoms with van der Waals surface area (Å²) in [5.74, 6) is 0. The summed E-state index contributed by atoms with van der Waals surface area (Å²) in [4.78, 5) is 1.52. The minimum atomic E-state index is -4.53. The molecule has 13 heavy (non-hydrogen) atoms. The number of alkyl halides is 3. The normalized spacial score (nSPS) is 31.2. The topological polar surface area (TPSA) is 49.5 Å². The van der Waals surface area contributed by atoms with Gasteiger partial charge >= 0.3 is 6.18 Å². The van der Waals surface area contributed by atoms with E-state index in [9.17, 15) is 18.3 Å². The van der Waals surface area contributed by atoms with Gasteiger partial charge in [-0.2, -0.15) is 13.2 Å². The first kappa shape index (κ1) is 10.7. The Balaban J connectivity index is 2.56. The van der Waals surface area contributed by atoms with E-state index >= 15 is 0 Å². The molecule has 1 heterocycles. The van der Waals surface area contributed by atoms with Crippen LogP contribution in [0.4, 0.5) is 13.2 Å². The second kappa shape index (κ2) is 3.43. The Kier molecular flexibility index (Phi) is 2.84. The molecule has 3 N–H and O–H groups in total. The zero-order valence-electron chi connectivity index (χ0n) is 7.14. The predicted molar refractivity (Wildman–Crippen MR) is 41.1 cm³/mol. The van der Waals surface area contributed by atoms with E-state index in [-0.39, 0.29) is 19.5 Å². The Morgan fingerprint density at radius 1 is 1.46 bits per heavy atom. The van der Waals surface area contributed by atoms with Crippen molar-refractivity contribution in [3.8, 4) is 0 Å². The van der Waals surface area contributed by atoms with Gasteiger partial charge in [-0.15, -0.1) is 0 Å². The highest BCUT2D eigenvalue weighted by Gasteiger charge is 2.56. The zero-order chi connectivity index (χ0) is 10.1. The minimum Gasteiger partial charge on any atom is -0.379 e. The van der Waals surface area contributed by atoms with E-state index in [4.69, 9.17) is 5.73 Å². The lowest BCUT2D eigenvalue weighted by atomic mass is 10.0. The number of rotatable bonds is 2. The SMILES string of the molecule is NCCN1CCC(O)(C(F)(F)F)C1. The van der Waals surface area contributed by atoms with Gasteiger partial charge in [0, 0.05) is 26.2 Å². The van der Waals surface area contributed by atoms with E-state index in [2.05, 4.69) is 0 Å². The average molecular weight is 198 g/mol. The molecule has 1 saturated heterocycles. The maximum absolute atomic E-state index is 12.3. The van der Waals surface area contributed by atoms with Gasteiger partial charge in [0.2, 0.25) is 0 Å². The van der Waals surface area contributed by atoms with Gasteiger partial charge in [-0.25, -0.2) is 0 Å². The van der Waals surface area contributed by atoms with Gasteiger partial charge in [0.05, 0.1) is 0 Å². The first-order valence-corrected chi connectivity index (χ1v) is 4.10. The number of β-amino-alcohol motifs (C(OH)–C–C–N with tert-alkyl or cyclic N) is 1. The molecule has 0 aliphatic carbocycles. The molecule has 78 valence electrons. The van der Waals surface area contributed by atoms with Crippen LogP contribution in [-0.4, -0.2) is 48.0 Å². The van der Waals surface area contributed by atoms with E-state index in [1.54, 1.807) is 0 Å². The molecule has 1 atom stereocenters. The quantitative estimate of drug-likeness (QED) is 0.653. The van der Waals surface area contributed by atoms with Crippen molar-refractivity contribution in [2.24, 2.45) is 5.73 Å². The molecule has 0 bridgehead atoms. The van der Waals surface area contributed by atoms with E-state index < -0.39 is 11.8 Å². The van der Waals surface area contributed by atoms with Crippen LogP contribution in [0.15, 0.2) is 0 Å². The molecular weight excluding hydrogens is 185 g/mol. The maximum Gasteiger partial charge on any atom is 0.418 e. The van der Waals surface area contributed by atoms with Crippen molar-refractivity contribution in [1.82, 2.24) is 4.90 Å². The van der Waals surface area contributed by atoms with E-state index in [0.29, 0.717) is 13.1 Å². The molecule has 0 saturated carbocycles. The van der Waals surface area contributed by atoms with Crippen molar-refractivity contribution in [2.75, 3.05) is 26.2 Å². The Morgan fingerprint density at radius 2 is 2.08 bits per heavy atom. The Bertz CT molecular complexity index is 185. The highest BCUT2D eigenvalue weighted by Crippen LogP contribution is 2.37. The summed E-state index contributed by atoms with van der Waals surface area (Å²) in [6, 6.07) is 0. The van der Waals surface area contributed by atoms with Crippen molar-refractivity contribution in [3.05, 3.63) is 0 Å². The Labute approximate surface area is 74.3 Å². The van der Waals surface area contributed by atoms with Crippen LogP contribution >= 0.6 is 0 Å². The van der Waals surface area contributed by atoms with Gasteiger partial charge in [-0.3, -0.25) is 4.90 Å². The number of likely N-dealkylation sites (tertiary alicyclic amines) is 1. The van der Waals surface area contributed by atoms with Crippen LogP contribution in [-0.2, 0) is 0 Å².